The Bertz CT molecular complexity index is 1030. The topological polar surface area (TPSA) is 99.4 Å². The molecular formula is C28H34O6. The van der Waals surface area contributed by atoms with Crippen LogP contribution in [-0.2, 0) is 15.9 Å². The van der Waals surface area contributed by atoms with Crippen LogP contribution in [0.1, 0.15) is 59.6 Å². The molecule has 4 N–H and O–H groups in total. The first kappa shape index (κ1) is 24.9. The summed E-state index contributed by atoms with van der Waals surface area (Å²) >= 11 is 0. The first-order valence-corrected chi connectivity index (χ1v) is 11.9. The number of methoxy groups -OCH3 is 1. The third kappa shape index (κ3) is 5.21. The average Bonchev–Trinajstić information content (AvgIpc) is 3.33. The minimum Gasteiger partial charge on any atom is -0.394 e. The largest absolute Gasteiger partial charge is 0.394 e. The van der Waals surface area contributed by atoms with Gasteiger partial charge in [0, 0.05) is 12.7 Å². The van der Waals surface area contributed by atoms with Gasteiger partial charge in [0.15, 0.2) is 0 Å². The van der Waals surface area contributed by atoms with Gasteiger partial charge in [-0.2, -0.15) is 0 Å². The third-order valence-electron chi connectivity index (χ3n) is 7.18. The van der Waals surface area contributed by atoms with Crippen molar-refractivity contribution in [2.75, 3.05) is 13.7 Å². The zero-order chi connectivity index (χ0) is 24.3. The van der Waals surface area contributed by atoms with Gasteiger partial charge < -0.3 is 29.9 Å². The van der Waals surface area contributed by atoms with Gasteiger partial charge in [-0.15, -0.1) is 0 Å². The highest BCUT2D eigenvalue weighted by Crippen LogP contribution is 2.34. The minimum absolute atomic E-state index is 0.305. The highest BCUT2D eigenvalue weighted by molar-refractivity contribution is 5.41. The van der Waals surface area contributed by atoms with Crippen molar-refractivity contribution in [1.82, 2.24) is 0 Å². The van der Waals surface area contributed by atoms with Crippen LogP contribution in [0.2, 0.25) is 0 Å². The first-order chi connectivity index (χ1) is 16.4. The Morgan fingerprint density at radius 1 is 1.00 bits per heavy atom. The lowest BCUT2D eigenvalue weighted by atomic mass is 9.89. The molecule has 2 fully saturated rings. The van der Waals surface area contributed by atoms with Gasteiger partial charge in [-0.25, -0.2) is 0 Å². The molecule has 34 heavy (non-hydrogen) atoms. The van der Waals surface area contributed by atoms with Crippen molar-refractivity contribution in [2.24, 2.45) is 0 Å². The SMILES string of the molecule is COC1(C#Cc2ccc(Cc3cc([C@@H]4O[C@H](CO)[C@@H](O)[C@H](O)[C@H]4O)ccc3C)cc2)CCCC1. The summed E-state index contributed by atoms with van der Waals surface area (Å²) in [6.07, 6.45) is -0.845. The highest BCUT2D eigenvalue weighted by atomic mass is 16.5. The Kier molecular flexibility index (Phi) is 7.73. The predicted octanol–water partition coefficient (Wildman–Crippen LogP) is 2.41. The smallest absolute Gasteiger partial charge is 0.128 e. The molecule has 1 saturated carbocycles. The number of aliphatic hydroxyl groups excluding tert-OH is 4. The van der Waals surface area contributed by atoms with Crippen LogP contribution in [-0.4, -0.2) is 64.2 Å². The zero-order valence-electron chi connectivity index (χ0n) is 19.8. The van der Waals surface area contributed by atoms with Crippen molar-refractivity contribution >= 4 is 0 Å². The maximum Gasteiger partial charge on any atom is 0.128 e. The van der Waals surface area contributed by atoms with Gasteiger partial charge in [-0.3, -0.25) is 0 Å². The lowest BCUT2D eigenvalue weighted by molar-refractivity contribution is -0.231. The van der Waals surface area contributed by atoms with Crippen LogP contribution < -0.4 is 0 Å². The fraction of sp³-hybridized carbons (Fsp3) is 0.500. The molecule has 2 aromatic rings. The fourth-order valence-electron chi connectivity index (χ4n) is 4.87. The highest BCUT2D eigenvalue weighted by Gasteiger charge is 2.44. The van der Waals surface area contributed by atoms with Gasteiger partial charge >= 0.3 is 0 Å². The second-order valence-corrected chi connectivity index (χ2v) is 9.46. The van der Waals surface area contributed by atoms with E-state index in [0.29, 0.717) is 12.0 Å². The molecule has 5 atom stereocenters. The van der Waals surface area contributed by atoms with Gasteiger partial charge in [0.1, 0.15) is 36.1 Å². The molecule has 0 unspecified atom stereocenters. The predicted molar refractivity (Wildman–Crippen MR) is 128 cm³/mol. The van der Waals surface area contributed by atoms with E-state index in [1.54, 1.807) is 7.11 Å². The normalized spacial score (nSPS) is 28.4. The summed E-state index contributed by atoms with van der Waals surface area (Å²) in [6, 6.07) is 13.9. The Hall–Kier alpha value is -2.24. The number of aliphatic hydroxyl groups is 4. The summed E-state index contributed by atoms with van der Waals surface area (Å²) in [5, 5.41) is 40.2. The molecule has 0 bridgehead atoms. The van der Waals surface area contributed by atoms with Crippen LogP contribution >= 0.6 is 0 Å². The number of hydrogen-bond acceptors (Lipinski definition) is 6. The molecule has 0 radical (unpaired) electrons. The van der Waals surface area contributed by atoms with E-state index in [4.69, 9.17) is 9.47 Å². The van der Waals surface area contributed by atoms with Crippen molar-refractivity contribution in [2.45, 2.75) is 75.1 Å². The Morgan fingerprint density at radius 3 is 2.35 bits per heavy atom. The molecule has 2 aromatic carbocycles. The van der Waals surface area contributed by atoms with Crippen molar-refractivity contribution < 1.29 is 29.9 Å². The lowest BCUT2D eigenvalue weighted by Crippen LogP contribution is -2.55. The van der Waals surface area contributed by atoms with Crippen LogP contribution in [0.3, 0.4) is 0 Å². The number of aryl methyl sites for hydroxylation is 1. The van der Waals surface area contributed by atoms with Crippen molar-refractivity contribution in [3.8, 4) is 11.8 Å². The van der Waals surface area contributed by atoms with Gasteiger partial charge in [-0.05, 0) is 73.4 Å². The Morgan fingerprint density at radius 2 is 1.71 bits per heavy atom. The maximum absolute atomic E-state index is 10.5. The minimum atomic E-state index is -1.39. The van der Waals surface area contributed by atoms with Crippen LogP contribution in [0, 0.1) is 18.8 Å². The molecule has 1 heterocycles. The lowest BCUT2D eigenvalue weighted by Gasteiger charge is -2.40. The molecule has 1 aliphatic carbocycles. The first-order valence-electron chi connectivity index (χ1n) is 11.9. The second kappa shape index (κ2) is 10.6. The summed E-state index contributed by atoms with van der Waals surface area (Å²) < 4.78 is 11.4. The van der Waals surface area contributed by atoms with E-state index in [1.807, 2.05) is 37.3 Å². The second-order valence-electron chi connectivity index (χ2n) is 9.46. The van der Waals surface area contributed by atoms with Crippen LogP contribution in [0.4, 0.5) is 0 Å². The fourth-order valence-corrected chi connectivity index (χ4v) is 4.87. The van der Waals surface area contributed by atoms with Crippen LogP contribution in [0.15, 0.2) is 42.5 Å². The molecule has 1 saturated heterocycles. The van der Waals surface area contributed by atoms with Crippen molar-refractivity contribution in [3.05, 3.63) is 70.3 Å². The summed E-state index contributed by atoms with van der Waals surface area (Å²) in [5.41, 5.74) is 4.64. The van der Waals surface area contributed by atoms with E-state index in [2.05, 4.69) is 24.0 Å². The number of benzene rings is 2. The number of hydrogen-bond donors (Lipinski definition) is 4. The molecule has 6 nitrogen and oxygen atoms in total. The average molecular weight is 467 g/mol. The van der Waals surface area contributed by atoms with E-state index in [-0.39, 0.29) is 5.60 Å². The summed E-state index contributed by atoms with van der Waals surface area (Å²) in [4.78, 5) is 0. The van der Waals surface area contributed by atoms with E-state index in [1.165, 1.54) is 0 Å². The molecule has 182 valence electrons. The molecule has 0 spiro atoms. The monoisotopic (exact) mass is 466 g/mol. The number of rotatable bonds is 5. The molecular weight excluding hydrogens is 432 g/mol. The van der Waals surface area contributed by atoms with Crippen LogP contribution in [0.25, 0.3) is 0 Å². The third-order valence-corrected chi connectivity index (χ3v) is 7.18. The van der Waals surface area contributed by atoms with Gasteiger partial charge in [-0.1, -0.05) is 42.2 Å². The van der Waals surface area contributed by atoms with E-state index in [9.17, 15) is 20.4 Å². The Labute approximate surface area is 201 Å². The molecule has 4 rings (SSSR count). The van der Waals surface area contributed by atoms with Gasteiger partial charge in [0.25, 0.3) is 0 Å². The number of ether oxygens (including phenoxy) is 2. The zero-order valence-corrected chi connectivity index (χ0v) is 19.8. The molecule has 0 aromatic heterocycles. The quantitative estimate of drug-likeness (QED) is 0.505. The molecule has 2 aliphatic rings. The van der Waals surface area contributed by atoms with E-state index >= 15 is 0 Å². The van der Waals surface area contributed by atoms with Gasteiger partial charge in [0.2, 0.25) is 0 Å². The Balaban J connectivity index is 1.50. The van der Waals surface area contributed by atoms with E-state index in [0.717, 1.165) is 47.9 Å². The van der Waals surface area contributed by atoms with E-state index < -0.39 is 37.1 Å². The van der Waals surface area contributed by atoms with Crippen molar-refractivity contribution in [3.63, 3.8) is 0 Å². The summed E-state index contributed by atoms with van der Waals surface area (Å²) in [7, 11) is 1.74. The van der Waals surface area contributed by atoms with Gasteiger partial charge in [0.05, 0.1) is 6.61 Å². The van der Waals surface area contributed by atoms with Crippen molar-refractivity contribution in [1.29, 1.82) is 0 Å². The summed E-state index contributed by atoms with van der Waals surface area (Å²) in [6.45, 7) is 1.58. The molecule has 6 heteroatoms. The standard InChI is InChI=1S/C28H34O6/c1-18-5-10-21(27-26(32)25(31)24(30)23(17-29)34-27)16-22(18)15-20-8-6-19(7-9-20)11-14-28(33-2)12-3-4-13-28/h5-10,16,23-27,29-32H,3-4,12-13,15,17H2,1-2H3/t23-,24-,25+,26-,27+/m1/s1. The van der Waals surface area contributed by atoms with Crippen LogP contribution in [0.5, 0.6) is 0 Å². The molecule has 0 amide bonds. The molecule has 1 aliphatic heterocycles. The summed E-state index contributed by atoms with van der Waals surface area (Å²) in [5.74, 6) is 6.61. The maximum atomic E-state index is 10.5.